The molecule has 0 radical (unpaired) electrons. The maximum Gasteiger partial charge on any atom is 0.387 e. The number of anilines is 1. The van der Waals surface area contributed by atoms with Crippen molar-refractivity contribution >= 4 is 28.3 Å². The van der Waals surface area contributed by atoms with Gasteiger partial charge in [-0.3, -0.25) is 14.5 Å². The van der Waals surface area contributed by atoms with Gasteiger partial charge in [-0.15, -0.1) is 0 Å². The van der Waals surface area contributed by atoms with Crippen LogP contribution in [0.4, 0.5) is 18.9 Å². The smallest absolute Gasteiger partial charge is 0.387 e. The molecule has 4 rings (SSSR count). The van der Waals surface area contributed by atoms with Crippen molar-refractivity contribution in [3.05, 3.63) is 65.0 Å². The summed E-state index contributed by atoms with van der Waals surface area (Å²) in [6, 6.07) is 10.0. The van der Waals surface area contributed by atoms with E-state index in [0.717, 1.165) is 11.0 Å². The lowest BCUT2D eigenvalue weighted by Crippen LogP contribution is -2.28. The van der Waals surface area contributed by atoms with Crippen LogP contribution in [-0.2, 0) is 16.0 Å². The molecule has 7 nitrogen and oxygen atoms in total. The molecule has 1 amide bonds. The van der Waals surface area contributed by atoms with E-state index < -0.39 is 36.3 Å². The predicted molar refractivity (Wildman–Crippen MR) is 125 cm³/mol. The van der Waals surface area contributed by atoms with E-state index in [0.29, 0.717) is 17.4 Å². The topological polar surface area (TPSA) is 85.3 Å². The van der Waals surface area contributed by atoms with Crippen molar-refractivity contribution in [3.8, 4) is 11.5 Å². The van der Waals surface area contributed by atoms with Gasteiger partial charge in [-0.05, 0) is 31.0 Å². The number of hydrogen-bond donors (Lipinski definition) is 1. The highest BCUT2D eigenvalue weighted by Crippen LogP contribution is 2.50. The van der Waals surface area contributed by atoms with Crippen LogP contribution in [0, 0.1) is 5.82 Å². The highest BCUT2D eigenvalue weighted by molar-refractivity contribution is 6.17. The van der Waals surface area contributed by atoms with Crippen molar-refractivity contribution in [1.82, 2.24) is 0 Å². The summed E-state index contributed by atoms with van der Waals surface area (Å²) in [5.74, 6) is -2.67. The molecule has 1 aliphatic heterocycles. The molecule has 190 valence electrons. The summed E-state index contributed by atoms with van der Waals surface area (Å²) in [4.78, 5) is 26.0. The molecule has 0 bridgehead atoms. The third-order valence-corrected chi connectivity index (χ3v) is 5.68. The van der Waals surface area contributed by atoms with Crippen molar-refractivity contribution in [2.75, 3.05) is 18.1 Å². The van der Waals surface area contributed by atoms with Crippen LogP contribution in [0.2, 0.25) is 0 Å². The molecule has 36 heavy (non-hydrogen) atoms. The third kappa shape index (κ3) is 4.56. The van der Waals surface area contributed by atoms with Gasteiger partial charge in [0, 0.05) is 10.8 Å². The Hall–Kier alpha value is -3.79. The molecule has 1 atom stereocenters. The number of nitrogens with zero attached hydrogens (tertiary/aromatic N) is 1. The number of carbonyl (C=O) groups is 2. The van der Waals surface area contributed by atoms with Gasteiger partial charge in [0.1, 0.15) is 17.3 Å². The summed E-state index contributed by atoms with van der Waals surface area (Å²) in [6.07, 6.45) is -1.33. The highest BCUT2D eigenvalue weighted by Gasteiger charge is 2.44. The van der Waals surface area contributed by atoms with Gasteiger partial charge in [0.2, 0.25) is 0 Å². The monoisotopic (exact) mass is 503 g/mol. The Kier molecular flexibility index (Phi) is 7.35. The second-order valence-corrected chi connectivity index (χ2v) is 8.04. The largest absolute Gasteiger partial charge is 0.492 e. The van der Waals surface area contributed by atoms with Crippen LogP contribution in [0.5, 0.6) is 11.5 Å². The first kappa shape index (κ1) is 25.3. The molecule has 10 heteroatoms. The van der Waals surface area contributed by atoms with E-state index in [9.17, 15) is 23.5 Å². The maximum atomic E-state index is 15.2. The standard InChI is InChI=1S/C26H24F3NO6/c1-3-11-35-22-15-7-5-6-8-16(15)23(36-26(28)29)21-20(22)24(32)30(25(21)33)18-10-9-14(12-17(18)27)13-19(31)34-4-2/h5-10,12,24,26,32H,3-4,11,13H2,1-2H3. The lowest BCUT2D eigenvalue weighted by molar-refractivity contribution is -0.142. The summed E-state index contributed by atoms with van der Waals surface area (Å²) in [5, 5.41) is 11.8. The second kappa shape index (κ2) is 10.4. The molecule has 0 fully saturated rings. The minimum Gasteiger partial charge on any atom is -0.492 e. The number of carbonyl (C=O) groups excluding carboxylic acids is 2. The fourth-order valence-electron chi connectivity index (χ4n) is 4.26. The first-order chi connectivity index (χ1) is 17.3. The first-order valence-corrected chi connectivity index (χ1v) is 11.4. The molecular weight excluding hydrogens is 479 g/mol. The normalized spacial score (nSPS) is 14.9. The lowest BCUT2D eigenvalue weighted by atomic mass is 9.98. The van der Waals surface area contributed by atoms with E-state index in [2.05, 4.69) is 0 Å². The molecule has 3 aromatic rings. The number of halogens is 3. The van der Waals surface area contributed by atoms with E-state index >= 15 is 4.39 Å². The van der Waals surface area contributed by atoms with Crippen LogP contribution in [0.3, 0.4) is 0 Å². The third-order valence-electron chi connectivity index (χ3n) is 5.68. The zero-order valence-electron chi connectivity index (χ0n) is 19.6. The first-order valence-electron chi connectivity index (χ1n) is 11.4. The summed E-state index contributed by atoms with van der Waals surface area (Å²) >= 11 is 0. The number of amides is 1. The van der Waals surface area contributed by atoms with E-state index in [1.165, 1.54) is 18.2 Å². The molecule has 1 N–H and O–H groups in total. The van der Waals surface area contributed by atoms with E-state index in [4.69, 9.17) is 14.2 Å². The molecule has 1 heterocycles. The van der Waals surface area contributed by atoms with Gasteiger partial charge in [-0.1, -0.05) is 37.3 Å². The highest BCUT2D eigenvalue weighted by atomic mass is 19.3. The van der Waals surface area contributed by atoms with Crippen LogP contribution in [0.1, 0.15) is 48.0 Å². The summed E-state index contributed by atoms with van der Waals surface area (Å²) in [6.45, 7) is 0.651. The minimum absolute atomic E-state index is 0.0854. The Morgan fingerprint density at radius 1 is 1.11 bits per heavy atom. The Balaban J connectivity index is 1.85. The fraction of sp³-hybridized carbons (Fsp3) is 0.308. The van der Waals surface area contributed by atoms with E-state index in [1.807, 2.05) is 6.92 Å². The molecule has 0 spiro atoms. The molecule has 0 saturated carbocycles. The van der Waals surface area contributed by atoms with Gasteiger partial charge in [0.05, 0.1) is 36.4 Å². The number of aliphatic hydroxyl groups excluding tert-OH is 1. The van der Waals surface area contributed by atoms with Gasteiger partial charge >= 0.3 is 12.6 Å². The maximum absolute atomic E-state index is 15.2. The average Bonchev–Trinajstić information content (AvgIpc) is 3.09. The number of ether oxygens (including phenoxy) is 3. The number of benzene rings is 3. The van der Waals surface area contributed by atoms with Crippen molar-refractivity contribution in [2.45, 2.75) is 39.5 Å². The van der Waals surface area contributed by atoms with Crippen molar-refractivity contribution in [2.24, 2.45) is 0 Å². The van der Waals surface area contributed by atoms with Crippen molar-refractivity contribution in [1.29, 1.82) is 0 Å². The van der Waals surface area contributed by atoms with E-state index in [-0.39, 0.29) is 47.6 Å². The Morgan fingerprint density at radius 2 is 1.81 bits per heavy atom. The van der Waals surface area contributed by atoms with E-state index in [1.54, 1.807) is 25.1 Å². The number of esters is 1. The van der Waals surface area contributed by atoms with Crippen LogP contribution in [0.15, 0.2) is 42.5 Å². The van der Waals surface area contributed by atoms with Gasteiger partial charge in [-0.25, -0.2) is 4.39 Å². The lowest BCUT2D eigenvalue weighted by Gasteiger charge is -2.22. The number of rotatable bonds is 9. The molecule has 3 aromatic carbocycles. The van der Waals surface area contributed by atoms with Crippen LogP contribution >= 0.6 is 0 Å². The number of alkyl halides is 2. The molecule has 1 aliphatic rings. The van der Waals surface area contributed by atoms with Gasteiger partial charge in [-0.2, -0.15) is 8.78 Å². The minimum atomic E-state index is -3.25. The molecular formula is C26H24F3NO6. The Morgan fingerprint density at radius 3 is 2.42 bits per heavy atom. The van der Waals surface area contributed by atoms with Crippen LogP contribution in [0.25, 0.3) is 10.8 Å². The van der Waals surface area contributed by atoms with Crippen molar-refractivity contribution in [3.63, 3.8) is 0 Å². The van der Waals surface area contributed by atoms with Crippen LogP contribution < -0.4 is 14.4 Å². The number of hydrogen-bond acceptors (Lipinski definition) is 6. The molecule has 1 unspecified atom stereocenters. The number of fused-ring (bicyclic) bond motifs is 2. The SMILES string of the molecule is CCCOc1c2c(c(OC(F)F)c3ccccc13)C(=O)N(c1ccc(CC(=O)OCC)cc1F)C2O. The van der Waals surface area contributed by atoms with Gasteiger partial charge in [0.15, 0.2) is 6.23 Å². The number of aliphatic hydroxyl groups is 1. The fourth-order valence-corrected chi connectivity index (χ4v) is 4.26. The van der Waals surface area contributed by atoms with Crippen molar-refractivity contribution < 1.29 is 42.1 Å². The van der Waals surface area contributed by atoms with Crippen LogP contribution in [-0.4, -0.2) is 36.8 Å². The molecule has 0 aliphatic carbocycles. The second-order valence-electron chi connectivity index (χ2n) is 8.04. The van der Waals surface area contributed by atoms with Gasteiger partial charge in [0.25, 0.3) is 5.91 Å². The summed E-state index contributed by atoms with van der Waals surface area (Å²) in [7, 11) is 0. The zero-order valence-corrected chi connectivity index (χ0v) is 19.6. The predicted octanol–water partition coefficient (Wildman–Crippen LogP) is 5.13. The zero-order chi connectivity index (χ0) is 26.0. The molecule has 0 saturated heterocycles. The Bertz CT molecular complexity index is 1310. The quantitative estimate of drug-likeness (QED) is 0.408. The average molecular weight is 503 g/mol. The summed E-state index contributed by atoms with van der Waals surface area (Å²) in [5.41, 5.74) is -0.419. The summed E-state index contributed by atoms with van der Waals surface area (Å²) < 4.78 is 57.4. The molecule has 0 aromatic heterocycles. The van der Waals surface area contributed by atoms with Gasteiger partial charge < -0.3 is 19.3 Å². The Labute approximate surface area is 205 Å².